The number of hydrogen-bond acceptors (Lipinski definition) is 3. The van der Waals surface area contributed by atoms with Crippen molar-refractivity contribution in [2.45, 2.75) is 33.6 Å². The molecule has 0 heterocycles. The maximum Gasteiger partial charge on any atom is 0.334 e. The summed E-state index contributed by atoms with van der Waals surface area (Å²) in [4.78, 5) is 11.1. The normalized spacial score (nSPS) is 11.8. The lowest BCUT2D eigenvalue weighted by molar-refractivity contribution is -0.137. The van der Waals surface area contributed by atoms with Gasteiger partial charge in [0.05, 0.1) is 19.3 Å². The van der Waals surface area contributed by atoms with E-state index in [0.717, 1.165) is 12.8 Å². The summed E-state index contributed by atoms with van der Waals surface area (Å²) in [5, 5.41) is 0. The Bertz CT molecular complexity index is 229. The molecule has 0 aliphatic rings. The molecule has 0 aliphatic carbocycles. The van der Waals surface area contributed by atoms with Gasteiger partial charge in [0.25, 0.3) is 0 Å². The van der Waals surface area contributed by atoms with Gasteiger partial charge in [0.2, 0.25) is 0 Å². The van der Waals surface area contributed by atoms with Crippen molar-refractivity contribution in [1.82, 2.24) is 0 Å². The number of carbonyl (C=O) groups is 1. The minimum Gasteiger partial charge on any atom is -0.494 e. The first-order valence-electron chi connectivity index (χ1n) is 5.42. The molecule has 3 nitrogen and oxygen atoms in total. The topological polar surface area (TPSA) is 35.5 Å². The van der Waals surface area contributed by atoms with Crippen molar-refractivity contribution in [3.63, 3.8) is 0 Å². The third kappa shape index (κ3) is 7.79. The average molecular weight is 212 g/mol. The highest BCUT2D eigenvalue weighted by atomic mass is 16.5. The van der Waals surface area contributed by atoms with Crippen LogP contribution in [0.2, 0.25) is 0 Å². The lowest BCUT2D eigenvalue weighted by Crippen LogP contribution is -2.02. The summed E-state index contributed by atoms with van der Waals surface area (Å²) in [7, 11) is 0. The molecule has 0 aliphatic heterocycles. The summed E-state index contributed by atoms with van der Waals surface area (Å²) in [5.41, 5.74) is 0. The smallest absolute Gasteiger partial charge is 0.334 e. The van der Waals surface area contributed by atoms with Crippen LogP contribution in [0.1, 0.15) is 33.6 Å². The molecule has 0 unspecified atom stereocenters. The monoisotopic (exact) mass is 212 g/mol. The maximum atomic E-state index is 11.1. The van der Waals surface area contributed by atoms with Gasteiger partial charge in [-0.05, 0) is 26.3 Å². The molecule has 0 saturated heterocycles. The van der Waals surface area contributed by atoms with Crippen LogP contribution in [0, 0.1) is 0 Å². The fourth-order valence-electron chi connectivity index (χ4n) is 0.971. The second-order valence-corrected chi connectivity index (χ2v) is 2.92. The SMILES string of the molecule is CCC/C=C\C(=C/C(=O)OCC)OCC. The predicted molar refractivity (Wildman–Crippen MR) is 60.4 cm³/mol. The molecule has 0 saturated carbocycles. The van der Waals surface area contributed by atoms with E-state index in [1.165, 1.54) is 6.08 Å². The third-order valence-corrected chi connectivity index (χ3v) is 1.60. The fourth-order valence-corrected chi connectivity index (χ4v) is 0.971. The predicted octanol–water partition coefficient (Wildman–Crippen LogP) is 2.83. The average Bonchev–Trinajstić information content (AvgIpc) is 2.18. The van der Waals surface area contributed by atoms with E-state index in [0.29, 0.717) is 19.0 Å². The number of esters is 1. The van der Waals surface area contributed by atoms with Gasteiger partial charge in [-0.2, -0.15) is 0 Å². The summed E-state index contributed by atoms with van der Waals surface area (Å²) >= 11 is 0. The number of allylic oxidation sites excluding steroid dienone is 2. The van der Waals surface area contributed by atoms with Crippen molar-refractivity contribution in [3.8, 4) is 0 Å². The molecule has 0 radical (unpaired) electrons. The van der Waals surface area contributed by atoms with E-state index in [1.807, 2.05) is 19.1 Å². The lowest BCUT2D eigenvalue weighted by atomic mass is 10.3. The van der Waals surface area contributed by atoms with Gasteiger partial charge in [-0.15, -0.1) is 0 Å². The van der Waals surface area contributed by atoms with E-state index >= 15 is 0 Å². The molecule has 0 rings (SSSR count). The molecule has 0 bridgehead atoms. The van der Waals surface area contributed by atoms with Crippen molar-refractivity contribution in [1.29, 1.82) is 0 Å². The van der Waals surface area contributed by atoms with E-state index in [2.05, 4.69) is 6.92 Å². The first-order valence-corrected chi connectivity index (χ1v) is 5.42. The van der Waals surface area contributed by atoms with Gasteiger partial charge in [0, 0.05) is 0 Å². The standard InChI is InChI=1S/C12H20O3/c1-4-7-8-9-11(14-5-2)10-12(13)15-6-3/h8-10H,4-7H2,1-3H3/b9-8-,11-10+. The van der Waals surface area contributed by atoms with Crippen LogP contribution in [0.3, 0.4) is 0 Å². The van der Waals surface area contributed by atoms with Crippen LogP contribution in [-0.2, 0) is 14.3 Å². The molecule has 0 atom stereocenters. The van der Waals surface area contributed by atoms with Gasteiger partial charge in [0.1, 0.15) is 5.76 Å². The molecule has 0 aromatic rings. The Hall–Kier alpha value is -1.25. The Kier molecular flexibility index (Phi) is 8.53. The molecule has 0 N–H and O–H groups in total. The summed E-state index contributed by atoms with van der Waals surface area (Å²) in [6.07, 6.45) is 7.23. The number of ether oxygens (including phenoxy) is 2. The summed E-state index contributed by atoms with van der Waals surface area (Å²) in [6, 6.07) is 0. The van der Waals surface area contributed by atoms with Crippen molar-refractivity contribution in [2.75, 3.05) is 13.2 Å². The molecule has 0 spiro atoms. The number of unbranched alkanes of at least 4 members (excludes halogenated alkanes) is 1. The Balaban J connectivity index is 4.29. The van der Waals surface area contributed by atoms with Gasteiger partial charge in [-0.1, -0.05) is 19.4 Å². The molecule has 0 fully saturated rings. The summed E-state index contributed by atoms with van der Waals surface area (Å²) in [5.74, 6) is 0.200. The first kappa shape index (κ1) is 13.8. The van der Waals surface area contributed by atoms with E-state index in [9.17, 15) is 4.79 Å². The van der Waals surface area contributed by atoms with Crippen LogP contribution in [0.15, 0.2) is 24.0 Å². The first-order chi connectivity index (χ1) is 7.24. The summed E-state index contributed by atoms with van der Waals surface area (Å²) < 4.78 is 10.1. The van der Waals surface area contributed by atoms with Crippen LogP contribution >= 0.6 is 0 Å². The van der Waals surface area contributed by atoms with Crippen molar-refractivity contribution in [2.24, 2.45) is 0 Å². The quantitative estimate of drug-likeness (QED) is 0.282. The molecule has 0 amide bonds. The van der Waals surface area contributed by atoms with Gasteiger partial charge in [-0.3, -0.25) is 0 Å². The van der Waals surface area contributed by atoms with Crippen molar-refractivity contribution < 1.29 is 14.3 Å². The van der Waals surface area contributed by atoms with Crippen LogP contribution in [0.25, 0.3) is 0 Å². The minimum atomic E-state index is -0.359. The molecule has 86 valence electrons. The number of carbonyl (C=O) groups excluding carboxylic acids is 1. The van der Waals surface area contributed by atoms with Gasteiger partial charge in [-0.25, -0.2) is 4.79 Å². The minimum absolute atomic E-state index is 0.359. The van der Waals surface area contributed by atoms with Crippen LogP contribution < -0.4 is 0 Å². The molecule has 0 aromatic heterocycles. The zero-order chi connectivity index (χ0) is 11.5. The van der Waals surface area contributed by atoms with Crippen molar-refractivity contribution >= 4 is 5.97 Å². The Morgan fingerprint density at radius 2 is 1.80 bits per heavy atom. The van der Waals surface area contributed by atoms with Crippen molar-refractivity contribution in [3.05, 3.63) is 24.0 Å². The third-order valence-electron chi connectivity index (χ3n) is 1.60. The Labute approximate surface area is 91.8 Å². The molecular weight excluding hydrogens is 192 g/mol. The van der Waals surface area contributed by atoms with E-state index in [4.69, 9.17) is 9.47 Å². The lowest BCUT2D eigenvalue weighted by Gasteiger charge is -2.03. The van der Waals surface area contributed by atoms with E-state index in [1.54, 1.807) is 6.92 Å². The van der Waals surface area contributed by atoms with E-state index in [-0.39, 0.29) is 5.97 Å². The molecule has 15 heavy (non-hydrogen) atoms. The number of rotatable bonds is 7. The van der Waals surface area contributed by atoms with E-state index < -0.39 is 0 Å². The zero-order valence-electron chi connectivity index (χ0n) is 9.79. The molecular formula is C12H20O3. The van der Waals surface area contributed by atoms with Gasteiger partial charge >= 0.3 is 5.97 Å². The highest BCUT2D eigenvalue weighted by Crippen LogP contribution is 2.02. The maximum absolute atomic E-state index is 11.1. The Morgan fingerprint density at radius 1 is 1.13 bits per heavy atom. The van der Waals surface area contributed by atoms with Crippen LogP contribution in [0.5, 0.6) is 0 Å². The largest absolute Gasteiger partial charge is 0.494 e. The zero-order valence-corrected chi connectivity index (χ0v) is 9.79. The highest BCUT2D eigenvalue weighted by molar-refractivity contribution is 5.82. The van der Waals surface area contributed by atoms with Crippen LogP contribution in [0.4, 0.5) is 0 Å². The number of hydrogen-bond donors (Lipinski definition) is 0. The second kappa shape index (κ2) is 9.31. The summed E-state index contributed by atoms with van der Waals surface area (Å²) in [6.45, 7) is 6.68. The Morgan fingerprint density at radius 3 is 2.33 bits per heavy atom. The van der Waals surface area contributed by atoms with Crippen LogP contribution in [-0.4, -0.2) is 19.2 Å². The highest BCUT2D eigenvalue weighted by Gasteiger charge is 1.99. The second-order valence-electron chi connectivity index (χ2n) is 2.92. The fraction of sp³-hybridized carbons (Fsp3) is 0.583. The molecule has 0 aromatic carbocycles. The molecule has 3 heteroatoms. The van der Waals surface area contributed by atoms with Gasteiger partial charge < -0.3 is 9.47 Å². The van der Waals surface area contributed by atoms with Gasteiger partial charge in [0.15, 0.2) is 0 Å².